The number of hydrogen-bond acceptors (Lipinski definition) is 7. The minimum Gasteiger partial charge on any atom is -0.486 e. The predicted molar refractivity (Wildman–Crippen MR) is 96.7 cm³/mol. The maximum Gasteiger partial charge on any atom is 0.295 e. The number of aromatic nitrogens is 3. The largest absolute Gasteiger partial charge is 0.486 e. The molecule has 0 saturated heterocycles. The second-order valence-electron chi connectivity index (χ2n) is 6.01. The van der Waals surface area contributed by atoms with E-state index < -0.39 is 10.8 Å². The molecule has 1 amide bonds. The van der Waals surface area contributed by atoms with Gasteiger partial charge in [0.1, 0.15) is 31.1 Å². The number of benzene rings is 2. The third kappa shape index (κ3) is 3.47. The minimum atomic E-state index is -0.567. The molecule has 142 valence electrons. The second-order valence-corrected chi connectivity index (χ2v) is 6.01. The molecule has 0 bridgehead atoms. The number of carbonyl (C=O) groups is 1. The molecule has 2 aromatic carbocycles. The Morgan fingerprint density at radius 2 is 2.11 bits per heavy atom. The molecule has 2 heterocycles. The van der Waals surface area contributed by atoms with Gasteiger partial charge in [-0.25, -0.2) is 9.67 Å². The van der Waals surface area contributed by atoms with E-state index in [0.29, 0.717) is 18.1 Å². The van der Waals surface area contributed by atoms with Crippen molar-refractivity contribution >= 4 is 11.6 Å². The van der Waals surface area contributed by atoms with Crippen LogP contribution in [0.2, 0.25) is 0 Å². The van der Waals surface area contributed by atoms with Gasteiger partial charge in [0.25, 0.3) is 11.6 Å². The molecule has 1 aliphatic heterocycles. The van der Waals surface area contributed by atoms with E-state index in [1.54, 1.807) is 12.1 Å². The zero-order chi connectivity index (χ0) is 19.5. The fraction of sp³-hybridized carbons (Fsp3) is 0.167. The van der Waals surface area contributed by atoms with E-state index in [2.05, 4.69) is 15.4 Å². The van der Waals surface area contributed by atoms with Crippen molar-refractivity contribution in [1.82, 2.24) is 20.1 Å². The number of nitrogens with one attached hydrogen (secondary N) is 1. The van der Waals surface area contributed by atoms with Crippen molar-refractivity contribution in [1.29, 1.82) is 0 Å². The SMILES string of the molecule is O=C(NC[C@@H]1COc2ccccc2O1)c1ccc(-n2cncn2)c([N+](=O)[O-])c1. The van der Waals surface area contributed by atoms with Gasteiger partial charge in [0.15, 0.2) is 11.5 Å². The van der Waals surface area contributed by atoms with Crippen LogP contribution in [0, 0.1) is 10.1 Å². The summed E-state index contributed by atoms with van der Waals surface area (Å²) in [7, 11) is 0. The van der Waals surface area contributed by atoms with Gasteiger partial charge in [0.05, 0.1) is 11.5 Å². The Balaban J connectivity index is 1.45. The summed E-state index contributed by atoms with van der Waals surface area (Å²) in [5, 5.41) is 18.0. The first-order valence-corrected chi connectivity index (χ1v) is 8.42. The molecular formula is C18H15N5O5. The van der Waals surface area contributed by atoms with Crippen molar-refractivity contribution in [3.8, 4) is 17.2 Å². The Morgan fingerprint density at radius 1 is 1.29 bits per heavy atom. The average Bonchev–Trinajstić information content (AvgIpc) is 3.26. The Kier molecular flexibility index (Phi) is 4.58. The van der Waals surface area contributed by atoms with Crippen molar-refractivity contribution in [2.75, 3.05) is 13.2 Å². The van der Waals surface area contributed by atoms with Crippen LogP contribution < -0.4 is 14.8 Å². The van der Waals surface area contributed by atoms with Crippen LogP contribution in [0.5, 0.6) is 11.5 Å². The van der Waals surface area contributed by atoms with Gasteiger partial charge < -0.3 is 14.8 Å². The first kappa shape index (κ1) is 17.5. The van der Waals surface area contributed by atoms with Crippen LogP contribution in [0.25, 0.3) is 5.69 Å². The van der Waals surface area contributed by atoms with Gasteiger partial charge in [-0.2, -0.15) is 5.10 Å². The number of nitrogens with zero attached hydrogens (tertiary/aromatic N) is 4. The van der Waals surface area contributed by atoms with E-state index in [1.165, 1.54) is 35.5 Å². The fourth-order valence-electron chi connectivity index (χ4n) is 2.81. The third-order valence-electron chi connectivity index (χ3n) is 4.16. The van der Waals surface area contributed by atoms with Crippen molar-refractivity contribution in [2.45, 2.75) is 6.10 Å². The number of amides is 1. The van der Waals surface area contributed by atoms with Gasteiger partial charge in [-0.05, 0) is 24.3 Å². The molecule has 3 aromatic rings. The van der Waals surface area contributed by atoms with Crippen molar-refractivity contribution in [3.05, 3.63) is 70.8 Å². The highest BCUT2D eigenvalue weighted by molar-refractivity contribution is 5.95. The van der Waals surface area contributed by atoms with Crippen LogP contribution in [-0.4, -0.2) is 44.9 Å². The highest BCUT2D eigenvalue weighted by atomic mass is 16.6. The summed E-state index contributed by atoms with van der Waals surface area (Å²) in [4.78, 5) is 27.0. The Labute approximate surface area is 158 Å². The molecule has 0 radical (unpaired) electrons. The van der Waals surface area contributed by atoms with E-state index in [9.17, 15) is 14.9 Å². The Hall–Kier alpha value is -3.95. The highest BCUT2D eigenvalue weighted by Gasteiger charge is 2.23. The molecule has 0 fully saturated rings. The number of carbonyl (C=O) groups excluding carboxylic acids is 1. The van der Waals surface area contributed by atoms with Crippen LogP contribution in [0.1, 0.15) is 10.4 Å². The number of hydrogen-bond donors (Lipinski definition) is 1. The number of rotatable bonds is 5. The Bertz CT molecular complexity index is 1020. The molecule has 0 unspecified atom stereocenters. The molecule has 4 rings (SSSR count). The minimum absolute atomic E-state index is 0.160. The molecule has 1 aromatic heterocycles. The van der Waals surface area contributed by atoms with Gasteiger partial charge >= 0.3 is 0 Å². The quantitative estimate of drug-likeness (QED) is 0.528. The number of ether oxygens (including phenoxy) is 2. The predicted octanol–water partition coefficient (Wildman–Crippen LogP) is 1.75. The number of fused-ring (bicyclic) bond motifs is 1. The Morgan fingerprint density at radius 3 is 2.86 bits per heavy atom. The zero-order valence-electron chi connectivity index (χ0n) is 14.5. The summed E-state index contributed by atoms with van der Waals surface area (Å²) in [5.41, 5.74) is 0.136. The third-order valence-corrected chi connectivity index (χ3v) is 4.16. The molecule has 0 spiro atoms. The van der Waals surface area contributed by atoms with Gasteiger partial charge in [0.2, 0.25) is 0 Å². The van der Waals surface area contributed by atoms with Gasteiger partial charge in [-0.15, -0.1) is 0 Å². The lowest BCUT2D eigenvalue weighted by atomic mass is 10.1. The monoisotopic (exact) mass is 381 g/mol. The van der Waals surface area contributed by atoms with Crippen molar-refractivity contribution in [2.24, 2.45) is 0 Å². The van der Waals surface area contributed by atoms with Gasteiger partial charge in [-0.3, -0.25) is 14.9 Å². The summed E-state index contributed by atoms with van der Waals surface area (Å²) in [5.74, 6) is 0.820. The van der Waals surface area contributed by atoms with Crippen molar-refractivity contribution in [3.63, 3.8) is 0 Å². The van der Waals surface area contributed by atoms with Crippen LogP contribution in [0.3, 0.4) is 0 Å². The topological polar surface area (TPSA) is 121 Å². The summed E-state index contributed by atoms with van der Waals surface area (Å²) >= 11 is 0. The molecule has 0 aliphatic carbocycles. The lowest BCUT2D eigenvalue weighted by molar-refractivity contribution is -0.384. The summed E-state index contributed by atoms with van der Waals surface area (Å²) in [6, 6.07) is 11.4. The molecular weight excluding hydrogens is 366 g/mol. The lowest BCUT2D eigenvalue weighted by Crippen LogP contribution is -2.40. The van der Waals surface area contributed by atoms with E-state index in [0.717, 1.165) is 0 Å². The molecule has 0 saturated carbocycles. The zero-order valence-corrected chi connectivity index (χ0v) is 14.5. The summed E-state index contributed by atoms with van der Waals surface area (Å²) in [6.07, 6.45) is 2.26. The van der Waals surface area contributed by atoms with E-state index in [-0.39, 0.29) is 29.6 Å². The molecule has 10 nitrogen and oxygen atoms in total. The standard InChI is InChI=1S/C18H15N5O5/c24-18(20-8-13-9-27-16-3-1-2-4-17(16)28-13)12-5-6-14(15(7-12)23(25)26)22-11-19-10-21-22/h1-7,10-11,13H,8-9H2,(H,20,24)/t13-/m1/s1. The summed E-state index contributed by atoms with van der Waals surface area (Å²) < 4.78 is 12.7. The maximum atomic E-state index is 12.4. The highest BCUT2D eigenvalue weighted by Crippen LogP contribution is 2.30. The summed E-state index contributed by atoms with van der Waals surface area (Å²) in [6.45, 7) is 0.495. The first-order valence-electron chi connectivity index (χ1n) is 8.42. The van der Waals surface area contributed by atoms with E-state index in [4.69, 9.17) is 9.47 Å². The normalized spacial score (nSPS) is 15.1. The lowest BCUT2D eigenvalue weighted by Gasteiger charge is -2.26. The molecule has 1 aliphatic rings. The van der Waals surface area contributed by atoms with Crippen LogP contribution in [-0.2, 0) is 0 Å². The average molecular weight is 381 g/mol. The smallest absolute Gasteiger partial charge is 0.295 e. The van der Waals surface area contributed by atoms with Gasteiger partial charge in [0, 0.05) is 11.6 Å². The first-order chi connectivity index (χ1) is 13.6. The van der Waals surface area contributed by atoms with Crippen LogP contribution >= 0.6 is 0 Å². The molecule has 1 atom stereocenters. The van der Waals surface area contributed by atoms with E-state index >= 15 is 0 Å². The number of para-hydroxylation sites is 2. The molecule has 28 heavy (non-hydrogen) atoms. The maximum absolute atomic E-state index is 12.4. The van der Waals surface area contributed by atoms with Crippen LogP contribution in [0.4, 0.5) is 5.69 Å². The van der Waals surface area contributed by atoms with Gasteiger partial charge in [-0.1, -0.05) is 12.1 Å². The fourth-order valence-corrected chi connectivity index (χ4v) is 2.81. The van der Waals surface area contributed by atoms with Crippen molar-refractivity contribution < 1.29 is 19.2 Å². The number of nitro benzene ring substituents is 1. The molecule has 1 N–H and O–H groups in total. The second kappa shape index (κ2) is 7.35. The number of nitro groups is 1. The van der Waals surface area contributed by atoms with E-state index in [1.807, 2.05) is 12.1 Å². The van der Waals surface area contributed by atoms with Crippen LogP contribution in [0.15, 0.2) is 55.1 Å². The molecule has 10 heteroatoms.